The van der Waals surface area contributed by atoms with Gasteiger partial charge in [-0.1, -0.05) is 18.2 Å². The minimum atomic E-state index is -0.505. The molecule has 0 radical (unpaired) electrons. The van der Waals surface area contributed by atoms with E-state index in [0.29, 0.717) is 12.4 Å². The fourth-order valence-electron chi connectivity index (χ4n) is 1.81. The summed E-state index contributed by atoms with van der Waals surface area (Å²) in [5.41, 5.74) is 2.24. The molecule has 1 aromatic carbocycles. The molecular formula is C15H17N3O3. The molecule has 0 saturated heterocycles. The van der Waals surface area contributed by atoms with Crippen molar-refractivity contribution in [1.29, 1.82) is 0 Å². The van der Waals surface area contributed by atoms with E-state index in [0.717, 1.165) is 17.7 Å². The van der Waals surface area contributed by atoms with Gasteiger partial charge < -0.3 is 14.8 Å². The van der Waals surface area contributed by atoms with Crippen molar-refractivity contribution >= 4 is 17.5 Å². The molecule has 1 heterocycles. The third kappa shape index (κ3) is 4.00. The van der Waals surface area contributed by atoms with Crippen molar-refractivity contribution in [2.24, 2.45) is 0 Å². The number of benzene rings is 1. The highest BCUT2D eigenvalue weighted by molar-refractivity contribution is 5.86. The summed E-state index contributed by atoms with van der Waals surface area (Å²) in [5, 5.41) is 3.18. The molecule has 21 heavy (non-hydrogen) atoms. The molecule has 0 fully saturated rings. The topological polar surface area (TPSA) is 73.3 Å². The Labute approximate surface area is 123 Å². The minimum Gasteiger partial charge on any atom is -0.464 e. The van der Waals surface area contributed by atoms with Crippen LogP contribution in [0, 0.1) is 0 Å². The van der Waals surface area contributed by atoms with E-state index in [2.05, 4.69) is 20.0 Å². The Balaban J connectivity index is 2.12. The van der Waals surface area contributed by atoms with Gasteiger partial charge in [0.2, 0.25) is 0 Å². The van der Waals surface area contributed by atoms with Crippen LogP contribution in [0.5, 0.6) is 0 Å². The Morgan fingerprint density at radius 3 is 2.67 bits per heavy atom. The summed E-state index contributed by atoms with van der Waals surface area (Å²) in [6.45, 7) is 0.644. The third-order valence-electron chi connectivity index (χ3n) is 2.90. The van der Waals surface area contributed by atoms with Crippen molar-refractivity contribution in [1.82, 2.24) is 9.97 Å². The number of carbonyl (C=O) groups excluding carboxylic acids is 1. The van der Waals surface area contributed by atoms with Crippen molar-refractivity contribution in [2.75, 3.05) is 26.1 Å². The normalized spacial score (nSPS) is 10.2. The van der Waals surface area contributed by atoms with Gasteiger partial charge in [0.05, 0.1) is 26.1 Å². The summed E-state index contributed by atoms with van der Waals surface area (Å²) in [6, 6.07) is 7.90. The van der Waals surface area contributed by atoms with E-state index >= 15 is 0 Å². The van der Waals surface area contributed by atoms with Gasteiger partial charge in [-0.15, -0.1) is 0 Å². The van der Waals surface area contributed by atoms with Gasteiger partial charge in [0.15, 0.2) is 5.69 Å². The number of esters is 1. The largest absolute Gasteiger partial charge is 0.464 e. The summed E-state index contributed by atoms with van der Waals surface area (Å²) >= 11 is 0. The predicted octanol–water partition coefficient (Wildman–Crippen LogP) is 2.20. The van der Waals surface area contributed by atoms with Crippen LogP contribution in [-0.4, -0.2) is 36.8 Å². The molecule has 6 nitrogen and oxygen atoms in total. The summed E-state index contributed by atoms with van der Waals surface area (Å²) in [6.07, 6.45) is 3.68. The molecule has 0 atom stereocenters. The smallest absolute Gasteiger partial charge is 0.358 e. The lowest BCUT2D eigenvalue weighted by Crippen LogP contribution is -2.06. The van der Waals surface area contributed by atoms with Crippen molar-refractivity contribution in [2.45, 2.75) is 6.42 Å². The molecule has 0 unspecified atom stereocenters. The van der Waals surface area contributed by atoms with Crippen molar-refractivity contribution in [3.8, 4) is 0 Å². The SMILES string of the molecule is COCCc1ccccc1Nc1cnc(C(=O)OC)cn1. The molecule has 0 spiro atoms. The van der Waals surface area contributed by atoms with E-state index in [-0.39, 0.29) is 5.69 Å². The van der Waals surface area contributed by atoms with Crippen LogP contribution in [0.15, 0.2) is 36.7 Å². The summed E-state index contributed by atoms with van der Waals surface area (Å²) < 4.78 is 9.68. The van der Waals surface area contributed by atoms with Gasteiger partial charge in [-0.05, 0) is 18.1 Å². The number of hydrogen-bond acceptors (Lipinski definition) is 6. The lowest BCUT2D eigenvalue weighted by atomic mass is 10.1. The highest BCUT2D eigenvalue weighted by Gasteiger charge is 2.08. The van der Waals surface area contributed by atoms with Crippen LogP contribution in [0.4, 0.5) is 11.5 Å². The average Bonchev–Trinajstić information content (AvgIpc) is 2.54. The maximum Gasteiger partial charge on any atom is 0.358 e. The second kappa shape index (κ2) is 7.35. The minimum absolute atomic E-state index is 0.177. The lowest BCUT2D eigenvalue weighted by Gasteiger charge is -2.11. The molecule has 0 aliphatic heterocycles. The average molecular weight is 287 g/mol. The van der Waals surface area contributed by atoms with Crippen molar-refractivity contribution in [3.63, 3.8) is 0 Å². The zero-order chi connectivity index (χ0) is 15.1. The molecule has 2 rings (SSSR count). The molecule has 0 aliphatic rings. The van der Waals surface area contributed by atoms with Gasteiger partial charge in [-0.2, -0.15) is 0 Å². The van der Waals surface area contributed by atoms with Gasteiger partial charge >= 0.3 is 5.97 Å². The number of rotatable bonds is 6. The zero-order valence-electron chi connectivity index (χ0n) is 12.0. The molecular weight excluding hydrogens is 270 g/mol. The molecule has 0 aliphatic carbocycles. The highest BCUT2D eigenvalue weighted by atomic mass is 16.5. The number of ether oxygens (including phenoxy) is 2. The van der Waals surface area contributed by atoms with Gasteiger partial charge in [-0.25, -0.2) is 14.8 Å². The number of aromatic nitrogens is 2. The molecule has 0 saturated carbocycles. The van der Waals surface area contributed by atoms with Gasteiger partial charge in [0, 0.05) is 12.8 Å². The monoisotopic (exact) mass is 287 g/mol. The maximum absolute atomic E-state index is 11.3. The second-order valence-electron chi connectivity index (χ2n) is 4.30. The summed E-state index contributed by atoms with van der Waals surface area (Å²) in [4.78, 5) is 19.5. The quantitative estimate of drug-likeness (QED) is 0.821. The first-order valence-electron chi connectivity index (χ1n) is 6.49. The first-order valence-corrected chi connectivity index (χ1v) is 6.49. The van der Waals surface area contributed by atoms with Crippen LogP contribution >= 0.6 is 0 Å². The Morgan fingerprint density at radius 1 is 1.19 bits per heavy atom. The van der Waals surface area contributed by atoms with E-state index in [4.69, 9.17) is 4.74 Å². The Hall–Kier alpha value is -2.47. The number of nitrogens with zero attached hydrogens (tertiary/aromatic N) is 2. The van der Waals surface area contributed by atoms with E-state index < -0.39 is 5.97 Å². The van der Waals surface area contributed by atoms with Crippen LogP contribution in [0.1, 0.15) is 16.1 Å². The van der Waals surface area contributed by atoms with Gasteiger partial charge in [-0.3, -0.25) is 0 Å². The van der Waals surface area contributed by atoms with Crippen molar-refractivity contribution < 1.29 is 14.3 Å². The maximum atomic E-state index is 11.3. The van der Waals surface area contributed by atoms with Gasteiger partial charge in [0.25, 0.3) is 0 Å². The third-order valence-corrected chi connectivity index (χ3v) is 2.90. The number of hydrogen-bond donors (Lipinski definition) is 1. The molecule has 0 amide bonds. The van der Waals surface area contributed by atoms with Crippen LogP contribution in [0.25, 0.3) is 0 Å². The van der Waals surface area contributed by atoms with Crippen molar-refractivity contribution in [3.05, 3.63) is 47.9 Å². The molecule has 1 aromatic heterocycles. The van der Waals surface area contributed by atoms with E-state index in [1.54, 1.807) is 7.11 Å². The number of anilines is 2. The first kappa shape index (κ1) is 14.9. The first-order chi connectivity index (χ1) is 10.2. The Kier molecular flexibility index (Phi) is 5.22. The standard InChI is InChI=1S/C15H17N3O3/c1-20-8-7-11-5-3-4-6-12(11)18-14-10-16-13(9-17-14)15(19)21-2/h3-6,9-10H,7-8H2,1-2H3,(H,17,18). The van der Waals surface area contributed by atoms with E-state index in [1.807, 2.05) is 24.3 Å². The summed E-state index contributed by atoms with van der Waals surface area (Å²) in [7, 11) is 2.98. The second-order valence-corrected chi connectivity index (χ2v) is 4.30. The van der Waals surface area contributed by atoms with Crippen LogP contribution in [-0.2, 0) is 15.9 Å². The van der Waals surface area contributed by atoms with Crippen LogP contribution in [0.2, 0.25) is 0 Å². The number of carbonyl (C=O) groups is 1. The molecule has 0 bridgehead atoms. The zero-order valence-corrected chi connectivity index (χ0v) is 12.0. The predicted molar refractivity (Wildman–Crippen MR) is 78.7 cm³/mol. The Morgan fingerprint density at radius 2 is 2.00 bits per heavy atom. The fourth-order valence-corrected chi connectivity index (χ4v) is 1.81. The van der Waals surface area contributed by atoms with E-state index in [1.165, 1.54) is 19.5 Å². The van der Waals surface area contributed by atoms with Gasteiger partial charge in [0.1, 0.15) is 5.82 Å². The molecule has 6 heteroatoms. The highest BCUT2D eigenvalue weighted by Crippen LogP contribution is 2.19. The molecule has 2 aromatic rings. The van der Waals surface area contributed by atoms with Crippen LogP contribution < -0.4 is 5.32 Å². The molecule has 110 valence electrons. The van der Waals surface area contributed by atoms with Crippen LogP contribution in [0.3, 0.4) is 0 Å². The summed E-state index contributed by atoms with van der Waals surface area (Å²) in [5.74, 6) is 0.0575. The number of methoxy groups -OCH3 is 2. The fraction of sp³-hybridized carbons (Fsp3) is 0.267. The number of para-hydroxylation sites is 1. The van der Waals surface area contributed by atoms with E-state index in [9.17, 15) is 4.79 Å². The Bertz CT molecular complexity index is 599. The molecule has 1 N–H and O–H groups in total. The number of nitrogens with one attached hydrogen (secondary N) is 1. The lowest BCUT2D eigenvalue weighted by molar-refractivity contribution is 0.0593.